The van der Waals surface area contributed by atoms with Crippen LogP contribution >= 0.6 is 12.4 Å². The summed E-state index contributed by atoms with van der Waals surface area (Å²) in [4.78, 5) is 17.5. The van der Waals surface area contributed by atoms with Crippen molar-refractivity contribution >= 4 is 41.6 Å². The van der Waals surface area contributed by atoms with Crippen molar-refractivity contribution in [2.75, 3.05) is 23.1 Å². The van der Waals surface area contributed by atoms with Gasteiger partial charge in [0.15, 0.2) is 0 Å². The summed E-state index contributed by atoms with van der Waals surface area (Å²) >= 11 is 0. The smallest absolute Gasteiger partial charge is 0.233 e. The minimum Gasteiger partial charge on any atom is -0.481 e. The molecule has 4 rings (SSSR count). The van der Waals surface area contributed by atoms with E-state index in [2.05, 4.69) is 35.9 Å². The van der Waals surface area contributed by atoms with E-state index in [1.54, 1.807) is 31.5 Å². The summed E-state index contributed by atoms with van der Waals surface area (Å²) in [5.41, 5.74) is 2.43. The highest BCUT2D eigenvalue weighted by atomic mass is 35.5. The summed E-state index contributed by atoms with van der Waals surface area (Å²) in [5, 5.41) is 9.41. The molecule has 0 amide bonds. The highest BCUT2D eigenvalue weighted by Crippen LogP contribution is 2.19. The lowest BCUT2D eigenvalue weighted by molar-refractivity contribution is 0.397. The number of anilines is 5. The van der Waals surface area contributed by atoms with Crippen molar-refractivity contribution in [3.05, 3.63) is 84.3 Å². The van der Waals surface area contributed by atoms with E-state index >= 15 is 0 Å². The van der Waals surface area contributed by atoms with Crippen LogP contribution in [-0.4, -0.2) is 27.0 Å². The monoisotopic (exact) mass is 453 g/mol. The molecule has 3 N–H and O–H groups in total. The molecule has 0 aliphatic heterocycles. The quantitative estimate of drug-likeness (QED) is 0.345. The average Bonchev–Trinajstić information content (AvgIpc) is 2.80. The number of pyridine rings is 1. The third-order valence-corrected chi connectivity index (χ3v) is 4.22. The number of halogens is 2. The normalized spacial score (nSPS) is 10.1. The van der Waals surface area contributed by atoms with Crippen molar-refractivity contribution in [2.24, 2.45) is 0 Å². The van der Waals surface area contributed by atoms with Gasteiger partial charge in [0.05, 0.1) is 7.11 Å². The van der Waals surface area contributed by atoms with E-state index in [0.717, 1.165) is 11.3 Å². The first-order chi connectivity index (χ1) is 15.2. The molecule has 0 atom stereocenters. The molecule has 0 spiro atoms. The Morgan fingerprint density at radius 2 is 1.41 bits per heavy atom. The van der Waals surface area contributed by atoms with E-state index in [-0.39, 0.29) is 18.2 Å². The molecule has 2 aromatic carbocycles. The zero-order valence-electron chi connectivity index (χ0n) is 17.1. The molecule has 0 saturated carbocycles. The lowest BCUT2D eigenvalue weighted by Crippen LogP contribution is -2.09. The second-order valence-corrected chi connectivity index (χ2v) is 6.49. The van der Waals surface area contributed by atoms with Gasteiger partial charge in [-0.2, -0.15) is 15.0 Å². The highest BCUT2D eigenvalue weighted by molar-refractivity contribution is 5.85. The Hall–Kier alpha value is -3.98. The summed E-state index contributed by atoms with van der Waals surface area (Å²) in [6.07, 6.45) is 1.72. The van der Waals surface area contributed by atoms with Crippen LogP contribution in [0.5, 0.6) is 5.88 Å². The van der Waals surface area contributed by atoms with E-state index in [0.29, 0.717) is 36.0 Å². The van der Waals surface area contributed by atoms with Crippen LogP contribution in [0.1, 0.15) is 5.56 Å². The van der Waals surface area contributed by atoms with Crippen molar-refractivity contribution in [1.29, 1.82) is 0 Å². The minimum atomic E-state index is -0.317. The molecule has 4 aromatic rings. The predicted molar refractivity (Wildman–Crippen MR) is 125 cm³/mol. The molecule has 8 nitrogen and oxygen atoms in total. The van der Waals surface area contributed by atoms with E-state index in [4.69, 9.17) is 4.74 Å². The van der Waals surface area contributed by atoms with Gasteiger partial charge in [0.2, 0.25) is 23.7 Å². The van der Waals surface area contributed by atoms with Crippen LogP contribution in [0, 0.1) is 5.82 Å². The number of nitrogens with zero attached hydrogens (tertiary/aromatic N) is 4. The maximum absolute atomic E-state index is 13.2. The Labute approximate surface area is 190 Å². The number of rotatable bonds is 8. The molecule has 10 heteroatoms. The molecule has 0 aliphatic rings. The standard InChI is InChI=1S/C22H20FN7O.ClH/c1-31-19-12-7-15(13-24-19)14-25-20-28-21(26-17-5-3-2-4-6-17)30-22(29-20)27-18-10-8-16(23)9-11-18;/h2-13H,14H2,1H3,(H3,25,26,27,28,29,30);1H. The van der Waals surface area contributed by atoms with Crippen molar-refractivity contribution in [3.8, 4) is 5.88 Å². The Kier molecular flexibility index (Phi) is 7.71. The fourth-order valence-electron chi connectivity index (χ4n) is 2.70. The maximum Gasteiger partial charge on any atom is 0.233 e. The summed E-state index contributed by atoms with van der Waals surface area (Å²) in [7, 11) is 1.57. The molecule has 32 heavy (non-hydrogen) atoms. The molecule has 2 aromatic heterocycles. The summed E-state index contributed by atoms with van der Waals surface area (Å²) in [6.45, 7) is 0.460. The molecule has 0 fully saturated rings. The molecule has 0 bridgehead atoms. The van der Waals surface area contributed by atoms with Gasteiger partial charge in [-0.15, -0.1) is 12.4 Å². The molecular weight excluding hydrogens is 433 g/mol. The van der Waals surface area contributed by atoms with E-state index in [9.17, 15) is 4.39 Å². The number of para-hydroxylation sites is 1. The zero-order valence-corrected chi connectivity index (χ0v) is 17.9. The van der Waals surface area contributed by atoms with Gasteiger partial charge in [-0.1, -0.05) is 24.3 Å². The molecular formula is C22H21ClFN7O. The van der Waals surface area contributed by atoms with Gasteiger partial charge in [-0.05, 0) is 42.0 Å². The van der Waals surface area contributed by atoms with Crippen LogP contribution in [0.2, 0.25) is 0 Å². The van der Waals surface area contributed by atoms with Crippen LogP contribution in [0.25, 0.3) is 0 Å². The first-order valence-electron chi connectivity index (χ1n) is 9.51. The number of hydrogen-bond acceptors (Lipinski definition) is 8. The number of ether oxygens (including phenoxy) is 1. The van der Waals surface area contributed by atoms with E-state index in [1.165, 1.54) is 12.1 Å². The first kappa shape index (κ1) is 22.7. The summed E-state index contributed by atoms with van der Waals surface area (Å²) in [5.74, 6) is 1.28. The summed E-state index contributed by atoms with van der Waals surface area (Å²) in [6, 6.07) is 19.2. The van der Waals surface area contributed by atoms with Gasteiger partial charge >= 0.3 is 0 Å². The maximum atomic E-state index is 13.2. The van der Waals surface area contributed by atoms with Crippen LogP contribution in [-0.2, 0) is 6.54 Å². The zero-order chi connectivity index (χ0) is 21.5. The van der Waals surface area contributed by atoms with Gasteiger partial charge in [-0.25, -0.2) is 9.37 Å². The van der Waals surface area contributed by atoms with Gasteiger partial charge in [0.25, 0.3) is 0 Å². The third kappa shape index (κ3) is 6.26. The number of hydrogen-bond donors (Lipinski definition) is 3. The largest absolute Gasteiger partial charge is 0.481 e. The number of aromatic nitrogens is 4. The molecule has 0 saturated heterocycles. The van der Waals surface area contributed by atoms with Gasteiger partial charge < -0.3 is 20.7 Å². The van der Waals surface area contributed by atoms with Crippen LogP contribution < -0.4 is 20.7 Å². The second-order valence-electron chi connectivity index (χ2n) is 6.49. The molecule has 0 unspecified atom stereocenters. The first-order valence-corrected chi connectivity index (χ1v) is 9.51. The van der Waals surface area contributed by atoms with E-state index < -0.39 is 0 Å². The lowest BCUT2D eigenvalue weighted by Gasteiger charge is -2.11. The predicted octanol–water partition coefficient (Wildman–Crippen LogP) is 4.94. The SMILES string of the molecule is COc1ccc(CNc2nc(Nc3ccccc3)nc(Nc3ccc(F)cc3)n2)cn1.Cl. The fourth-order valence-corrected chi connectivity index (χ4v) is 2.70. The van der Waals surface area contributed by atoms with Gasteiger partial charge in [0.1, 0.15) is 5.82 Å². The van der Waals surface area contributed by atoms with Crippen molar-refractivity contribution in [1.82, 2.24) is 19.9 Å². The van der Waals surface area contributed by atoms with Crippen LogP contribution in [0.3, 0.4) is 0 Å². The van der Waals surface area contributed by atoms with Crippen LogP contribution in [0.4, 0.5) is 33.6 Å². The molecule has 0 aliphatic carbocycles. The van der Waals surface area contributed by atoms with Crippen molar-refractivity contribution in [3.63, 3.8) is 0 Å². The second kappa shape index (κ2) is 10.9. The number of methoxy groups -OCH3 is 1. The Morgan fingerprint density at radius 1 is 0.781 bits per heavy atom. The van der Waals surface area contributed by atoms with Gasteiger partial charge in [0, 0.05) is 30.2 Å². The topological polar surface area (TPSA) is 96.9 Å². The molecule has 0 radical (unpaired) electrons. The fraction of sp³-hybridized carbons (Fsp3) is 0.0909. The highest BCUT2D eigenvalue weighted by Gasteiger charge is 2.08. The summed E-state index contributed by atoms with van der Waals surface area (Å²) < 4.78 is 18.3. The average molecular weight is 454 g/mol. The van der Waals surface area contributed by atoms with E-state index in [1.807, 2.05) is 36.4 Å². The van der Waals surface area contributed by atoms with Gasteiger partial charge in [-0.3, -0.25) is 0 Å². The molecule has 2 heterocycles. The number of benzene rings is 2. The van der Waals surface area contributed by atoms with Crippen molar-refractivity contribution < 1.29 is 9.13 Å². The Balaban J connectivity index is 0.00000289. The van der Waals surface area contributed by atoms with Crippen molar-refractivity contribution in [2.45, 2.75) is 6.54 Å². The minimum absolute atomic E-state index is 0. The lowest BCUT2D eigenvalue weighted by atomic mass is 10.3. The molecule has 164 valence electrons. The Bertz CT molecular complexity index is 1130. The number of nitrogens with one attached hydrogen (secondary N) is 3. The third-order valence-electron chi connectivity index (χ3n) is 4.22. The van der Waals surface area contributed by atoms with Crippen LogP contribution in [0.15, 0.2) is 72.9 Å². The Morgan fingerprint density at radius 3 is 2.00 bits per heavy atom.